The van der Waals surface area contributed by atoms with Crippen molar-refractivity contribution in [2.24, 2.45) is 5.92 Å². The molecular weight excluding hydrogens is 251 g/mol. The third kappa shape index (κ3) is 3.67. The van der Waals surface area contributed by atoms with Crippen LogP contribution < -0.4 is 5.32 Å². The maximum absolute atomic E-state index is 12.7. The van der Waals surface area contributed by atoms with Gasteiger partial charge >= 0.3 is 12.0 Å². The van der Waals surface area contributed by atoms with E-state index in [9.17, 15) is 14.0 Å². The molecule has 2 N–H and O–H groups in total. The van der Waals surface area contributed by atoms with E-state index < -0.39 is 5.97 Å². The van der Waals surface area contributed by atoms with E-state index in [0.29, 0.717) is 19.6 Å². The fourth-order valence-electron chi connectivity index (χ4n) is 2.00. The number of urea groups is 1. The summed E-state index contributed by atoms with van der Waals surface area (Å²) < 4.78 is 12.7. The van der Waals surface area contributed by atoms with Crippen molar-refractivity contribution in [3.05, 3.63) is 35.6 Å². The zero-order chi connectivity index (χ0) is 13.8. The summed E-state index contributed by atoms with van der Waals surface area (Å²) in [6.45, 7) is 1.28. The van der Waals surface area contributed by atoms with E-state index in [1.54, 1.807) is 17.0 Å². The average Bonchev–Trinajstić information content (AvgIpc) is 2.32. The van der Waals surface area contributed by atoms with Crippen molar-refractivity contribution in [3.8, 4) is 0 Å². The number of rotatable bonds is 4. The van der Waals surface area contributed by atoms with Gasteiger partial charge in [-0.1, -0.05) is 12.1 Å². The molecule has 0 radical (unpaired) electrons. The fraction of sp³-hybridized carbons (Fsp3) is 0.385. The molecule has 0 bridgehead atoms. The molecule has 1 aliphatic rings. The van der Waals surface area contributed by atoms with E-state index in [0.717, 1.165) is 5.56 Å². The van der Waals surface area contributed by atoms with Crippen molar-refractivity contribution in [2.75, 3.05) is 13.1 Å². The molecule has 1 aromatic rings. The molecule has 0 aromatic heterocycles. The molecule has 1 aliphatic heterocycles. The molecule has 1 fully saturated rings. The number of aliphatic carboxylic acids is 1. The molecule has 2 amide bonds. The number of carboxylic acids is 1. The number of carbonyl (C=O) groups is 2. The molecule has 0 unspecified atom stereocenters. The lowest BCUT2D eigenvalue weighted by Crippen LogP contribution is -2.54. The second-order valence-electron chi connectivity index (χ2n) is 4.65. The van der Waals surface area contributed by atoms with E-state index >= 15 is 0 Å². The van der Waals surface area contributed by atoms with Gasteiger partial charge in [0.1, 0.15) is 5.82 Å². The van der Waals surface area contributed by atoms with Crippen molar-refractivity contribution in [2.45, 2.75) is 13.0 Å². The van der Waals surface area contributed by atoms with E-state index in [2.05, 4.69) is 5.32 Å². The molecular formula is C13H15FN2O3. The first-order valence-electron chi connectivity index (χ1n) is 6.03. The van der Waals surface area contributed by atoms with Crippen LogP contribution in [0.15, 0.2) is 24.3 Å². The molecule has 0 aliphatic carbocycles. The molecule has 0 atom stereocenters. The van der Waals surface area contributed by atoms with Crippen LogP contribution in [0, 0.1) is 11.7 Å². The van der Waals surface area contributed by atoms with E-state index in [4.69, 9.17) is 5.11 Å². The van der Waals surface area contributed by atoms with Gasteiger partial charge in [0.25, 0.3) is 0 Å². The number of carbonyl (C=O) groups excluding carboxylic acids is 1. The smallest absolute Gasteiger partial charge is 0.317 e. The first-order valence-corrected chi connectivity index (χ1v) is 6.03. The molecule has 2 rings (SSSR count). The third-order valence-corrected chi connectivity index (χ3v) is 3.06. The van der Waals surface area contributed by atoms with Gasteiger partial charge in [0.15, 0.2) is 0 Å². The molecule has 0 saturated carbocycles. The topological polar surface area (TPSA) is 69.6 Å². The molecule has 1 saturated heterocycles. The predicted molar refractivity (Wildman–Crippen MR) is 66.0 cm³/mol. The number of hydrogen-bond donors (Lipinski definition) is 2. The lowest BCUT2D eigenvalue weighted by molar-refractivity contribution is -0.139. The Hall–Kier alpha value is -2.11. The van der Waals surface area contributed by atoms with Crippen molar-refractivity contribution >= 4 is 12.0 Å². The van der Waals surface area contributed by atoms with Gasteiger partial charge in [-0.3, -0.25) is 4.79 Å². The Kier molecular flexibility index (Phi) is 3.99. The standard InChI is InChI=1S/C13H15FN2O3/c14-11-3-1-9(2-4-11)6-15-13(19)16-7-10(8-16)5-12(17)18/h1-4,10H,5-8H2,(H,15,19)(H,17,18). The van der Waals surface area contributed by atoms with Crippen molar-refractivity contribution in [1.82, 2.24) is 10.2 Å². The highest BCUT2D eigenvalue weighted by Gasteiger charge is 2.31. The highest BCUT2D eigenvalue weighted by atomic mass is 19.1. The summed E-state index contributed by atoms with van der Waals surface area (Å²) in [7, 11) is 0. The van der Waals surface area contributed by atoms with E-state index in [1.165, 1.54) is 12.1 Å². The minimum Gasteiger partial charge on any atom is -0.481 e. The van der Waals surface area contributed by atoms with Crippen LogP contribution in [-0.2, 0) is 11.3 Å². The second kappa shape index (κ2) is 5.69. The predicted octanol–water partition coefficient (Wildman–Crippen LogP) is 1.44. The maximum atomic E-state index is 12.7. The van der Waals surface area contributed by atoms with Gasteiger partial charge in [-0.05, 0) is 17.7 Å². The van der Waals surface area contributed by atoms with E-state index in [-0.39, 0.29) is 24.2 Å². The van der Waals surface area contributed by atoms with Crippen LogP contribution in [0.5, 0.6) is 0 Å². The summed E-state index contributed by atoms with van der Waals surface area (Å²) in [5, 5.41) is 11.3. The Morgan fingerprint density at radius 3 is 2.53 bits per heavy atom. The minimum atomic E-state index is -0.837. The van der Waals surface area contributed by atoms with Crippen molar-refractivity contribution in [1.29, 1.82) is 0 Å². The van der Waals surface area contributed by atoms with Crippen LogP contribution in [-0.4, -0.2) is 35.1 Å². The highest BCUT2D eigenvalue weighted by molar-refractivity contribution is 5.75. The summed E-state index contributed by atoms with van der Waals surface area (Å²) in [4.78, 5) is 23.7. The zero-order valence-corrected chi connectivity index (χ0v) is 10.3. The van der Waals surface area contributed by atoms with Crippen LogP contribution in [0.4, 0.5) is 9.18 Å². The quantitative estimate of drug-likeness (QED) is 0.866. The SMILES string of the molecule is O=C(O)CC1CN(C(=O)NCc2ccc(F)cc2)C1. The Bertz CT molecular complexity index is 469. The highest BCUT2D eigenvalue weighted by Crippen LogP contribution is 2.18. The Balaban J connectivity index is 1.71. The number of nitrogens with one attached hydrogen (secondary N) is 1. The minimum absolute atomic E-state index is 0.0501. The van der Waals surface area contributed by atoms with Gasteiger partial charge in [-0.25, -0.2) is 9.18 Å². The summed E-state index contributed by atoms with van der Waals surface area (Å²) in [6.07, 6.45) is 0.0990. The number of benzene rings is 1. The average molecular weight is 266 g/mol. The number of carboxylic acid groups (broad SMARTS) is 1. The number of likely N-dealkylation sites (tertiary alicyclic amines) is 1. The second-order valence-corrected chi connectivity index (χ2v) is 4.65. The van der Waals surface area contributed by atoms with Gasteiger partial charge in [0.2, 0.25) is 0 Å². The fourth-order valence-corrected chi connectivity index (χ4v) is 2.00. The van der Waals surface area contributed by atoms with Gasteiger partial charge in [-0.2, -0.15) is 0 Å². The normalized spacial score (nSPS) is 14.9. The molecule has 1 heterocycles. The van der Waals surface area contributed by atoms with Crippen LogP contribution in [0.2, 0.25) is 0 Å². The van der Waals surface area contributed by atoms with Gasteiger partial charge in [-0.15, -0.1) is 0 Å². The van der Waals surface area contributed by atoms with Gasteiger partial charge < -0.3 is 15.3 Å². The number of amides is 2. The molecule has 6 heteroatoms. The van der Waals surface area contributed by atoms with Crippen LogP contribution >= 0.6 is 0 Å². The van der Waals surface area contributed by atoms with Crippen molar-refractivity contribution < 1.29 is 19.1 Å². The van der Waals surface area contributed by atoms with Gasteiger partial charge in [0, 0.05) is 25.6 Å². The maximum Gasteiger partial charge on any atom is 0.317 e. The Labute approximate surface area is 110 Å². The summed E-state index contributed by atoms with van der Waals surface area (Å²) in [6, 6.07) is 5.69. The third-order valence-electron chi connectivity index (χ3n) is 3.06. The van der Waals surface area contributed by atoms with E-state index in [1.807, 2.05) is 0 Å². The first-order chi connectivity index (χ1) is 9.04. The van der Waals surface area contributed by atoms with Crippen LogP contribution in [0.25, 0.3) is 0 Å². The Morgan fingerprint density at radius 1 is 1.32 bits per heavy atom. The summed E-state index contributed by atoms with van der Waals surface area (Å²) in [5.74, 6) is -1.10. The monoisotopic (exact) mass is 266 g/mol. The van der Waals surface area contributed by atoms with Gasteiger partial charge in [0.05, 0.1) is 6.42 Å². The van der Waals surface area contributed by atoms with Crippen molar-refractivity contribution in [3.63, 3.8) is 0 Å². The molecule has 5 nitrogen and oxygen atoms in total. The lowest BCUT2D eigenvalue weighted by atomic mass is 9.97. The summed E-state index contributed by atoms with van der Waals surface area (Å²) >= 11 is 0. The molecule has 1 aromatic carbocycles. The zero-order valence-electron chi connectivity index (χ0n) is 10.3. The van der Waals surface area contributed by atoms with Crippen LogP contribution in [0.1, 0.15) is 12.0 Å². The largest absolute Gasteiger partial charge is 0.481 e. The Morgan fingerprint density at radius 2 is 1.95 bits per heavy atom. The molecule has 102 valence electrons. The molecule has 19 heavy (non-hydrogen) atoms. The lowest BCUT2D eigenvalue weighted by Gasteiger charge is -2.38. The number of halogens is 1. The first kappa shape index (κ1) is 13.3. The number of hydrogen-bond acceptors (Lipinski definition) is 2. The summed E-state index contributed by atoms with van der Waals surface area (Å²) in [5.41, 5.74) is 0.817. The van der Waals surface area contributed by atoms with Crippen LogP contribution in [0.3, 0.4) is 0 Å². The molecule has 0 spiro atoms. The number of nitrogens with zero attached hydrogens (tertiary/aromatic N) is 1.